The van der Waals surface area contributed by atoms with Crippen molar-refractivity contribution in [3.8, 4) is 17.1 Å². The minimum absolute atomic E-state index is 0.135. The minimum Gasteiger partial charge on any atom is -0.496 e. The van der Waals surface area contributed by atoms with Crippen LogP contribution in [0.4, 0.5) is 0 Å². The van der Waals surface area contributed by atoms with Crippen LogP contribution in [-0.2, 0) is 24.2 Å². The van der Waals surface area contributed by atoms with Gasteiger partial charge in [0.1, 0.15) is 17.9 Å². The Morgan fingerprint density at radius 3 is 2.94 bits per heavy atom. The molecule has 1 atom stereocenters. The summed E-state index contributed by atoms with van der Waals surface area (Å²) < 4.78 is 13.0. The normalized spacial score (nSPS) is 18.5. The smallest absolute Gasteiger partial charge is 0.227 e. The lowest BCUT2D eigenvalue weighted by Crippen LogP contribution is -2.40. The maximum Gasteiger partial charge on any atom is 0.227 e. The number of carbonyl (C=O) groups excluding carboxylic acids is 1. The van der Waals surface area contributed by atoms with Crippen LogP contribution in [0.25, 0.3) is 11.4 Å². The Morgan fingerprint density at radius 2 is 2.09 bits per heavy atom. The number of methoxy groups -OCH3 is 1. The number of amides is 1. The van der Waals surface area contributed by atoms with Gasteiger partial charge in [0.25, 0.3) is 0 Å². The molecule has 1 saturated carbocycles. The van der Waals surface area contributed by atoms with Crippen molar-refractivity contribution in [1.82, 2.24) is 29.8 Å². The number of hydrogen-bond acceptors (Lipinski definition) is 7. The van der Waals surface area contributed by atoms with E-state index in [0.717, 1.165) is 56.2 Å². The number of rotatable bonds is 9. The fourth-order valence-corrected chi connectivity index (χ4v) is 4.55. The molecule has 33 heavy (non-hydrogen) atoms. The summed E-state index contributed by atoms with van der Waals surface area (Å²) in [5.41, 5.74) is 0.773. The van der Waals surface area contributed by atoms with Gasteiger partial charge < -0.3 is 18.7 Å². The average molecular weight is 451 g/mol. The van der Waals surface area contributed by atoms with E-state index in [9.17, 15) is 4.79 Å². The largest absolute Gasteiger partial charge is 0.496 e. The fraction of sp³-hybridized carbons (Fsp3) is 0.542. The van der Waals surface area contributed by atoms with Crippen molar-refractivity contribution in [3.63, 3.8) is 0 Å². The monoisotopic (exact) mass is 450 g/mol. The summed E-state index contributed by atoms with van der Waals surface area (Å²) in [6.07, 6.45) is 8.27. The van der Waals surface area contributed by atoms with Gasteiger partial charge in [0.15, 0.2) is 0 Å². The van der Waals surface area contributed by atoms with E-state index in [4.69, 9.17) is 9.26 Å². The molecule has 2 fully saturated rings. The number of aryl methyl sites for hydroxylation is 1. The lowest BCUT2D eigenvalue weighted by Gasteiger charge is -2.32. The summed E-state index contributed by atoms with van der Waals surface area (Å²) in [6.45, 7) is 2.60. The summed E-state index contributed by atoms with van der Waals surface area (Å²) in [4.78, 5) is 19.3. The minimum atomic E-state index is 0.135. The van der Waals surface area contributed by atoms with Crippen molar-refractivity contribution in [3.05, 3.63) is 42.3 Å². The van der Waals surface area contributed by atoms with Crippen LogP contribution >= 0.6 is 0 Å². The third kappa shape index (κ3) is 5.23. The highest BCUT2D eigenvalue weighted by Crippen LogP contribution is 2.31. The van der Waals surface area contributed by atoms with E-state index in [1.165, 1.54) is 12.8 Å². The maximum absolute atomic E-state index is 12.9. The standard InChI is InChI=1S/C24H30N6O3/c1-32-20-7-3-2-6-19(20)24-26-22(33-28-24)10-11-23(31)29-12-4-5-18(15-29)13-21-27-25-16-30(21)14-17-8-9-17/h2-3,6-7,16-18H,4-5,8-15H2,1H3. The van der Waals surface area contributed by atoms with Gasteiger partial charge in [-0.3, -0.25) is 4.79 Å². The number of piperidine rings is 1. The lowest BCUT2D eigenvalue weighted by molar-refractivity contribution is -0.133. The van der Waals surface area contributed by atoms with Gasteiger partial charge in [-0.15, -0.1) is 10.2 Å². The van der Waals surface area contributed by atoms with Gasteiger partial charge in [0.2, 0.25) is 17.6 Å². The predicted octanol–water partition coefficient (Wildman–Crippen LogP) is 3.16. The van der Waals surface area contributed by atoms with Crippen LogP contribution in [0.5, 0.6) is 5.75 Å². The van der Waals surface area contributed by atoms with Crippen molar-refractivity contribution >= 4 is 5.91 Å². The summed E-state index contributed by atoms with van der Waals surface area (Å²) in [7, 11) is 1.61. The van der Waals surface area contributed by atoms with Gasteiger partial charge in [-0.05, 0) is 49.7 Å². The Kier molecular flexibility index (Phi) is 6.37. The Hall–Kier alpha value is -3.23. The van der Waals surface area contributed by atoms with Crippen molar-refractivity contribution in [2.24, 2.45) is 11.8 Å². The van der Waals surface area contributed by atoms with Crippen LogP contribution in [-0.4, -0.2) is 55.9 Å². The molecule has 5 rings (SSSR count). The number of benzene rings is 1. The molecule has 9 heteroatoms. The van der Waals surface area contributed by atoms with E-state index >= 15 is 0 Å². The van der Waals surface area contributed by atoms with E-state index in [1.54, 1.807) is 7.11 Å². The van der Waals surface area contributed by atoms with Crippen LogP contribution in [0, 0.1) is 11.8 Å². The van der Waals surface area contributed by atoms with Gasteiger partial charge in [-0.2, -0.15) is 4.98 Å². The van der Waals surface area contributed by atoms with Gasteiger partial charge in [0, 0.05) is 38.9 Å². The second kappa shape index (κ2) is 9.72. The number of nitrogens with zero attached hydrogens (tertiary/aromatic N) is 6. The van der Waals surface area contributed by atoms with Gasteiger partial charge >= 0.3 is 0 Å². The molecular weight excluding hydrogens is 420 g/mol. The topological polar surface area (TPSA) is 99.2 Å². The van der Waals surface area contributed by atoms with Crippen LogP contribution in [0.1, 0.15) is 43.8 Å². The van der Waals surface area contributed by atoms with E-state index in [2.05, 4.69) is 24.9 Å². The number of likely N-dealkylation sites (tertiary alicyclic amines) is 1. The van der Waals surface area contributed by atoms with Crippen LogP contribution < -0.4 is 4.74 Å². The van der Waals surface area contributed by atoms with Crippen molar-refractivity contribution in [1.29, 1.82) is 0 Å². The zero-order valence-corrected chi connectivity index (χ0v) is 19.0. The third-order valence-electron chi connectivity index (χ3n) is 6.56. The molecule has 1 aliphatic carbocycles. The Morgan fingerprint density at radius 1 is 1.21 bits per heavy atom. The van der Waals surface area contributed by atoms with Crippen molar-refractivity contribution < 1.29 is 14.1 Å². The molecule has 2 aliphatic rings. The first-order chi connectivity index (χ1) is 16.2. The first-order valence-electron chi connectivity index (χ1n) is 11.8. The van der Waals surface area contributed by atoms with E-state index in [0.29, 0.717) is 36.2 Å². The zero-order valence-electron chi connectivity index (χ0n) is 19.0. The molecule has 174 valence electrons. The first-order valence-corrected chi connectivity index (χ1v) is 11.8. The van der Waals surface area contributed by atoms with Crippen molar-refractivity contribution in [2.75, 3.05) is 20.2 Å². The number of carbonyl (C=O) groups is 1. The number of hydrogen-bond donors (Lipinski definition) is 0. The molecule has 0 bridgehead atoms. The molecule has 2 aromatic heterocycles. The Balaban J connectivity index is 1.14. The number of aromatic nitrogens is 5. The van der Waals surface area contributed by atoms with Gasteiger partial charge in [-0.1, -0.05) is 17.3 Å². The highest BCUT2D eigenvalue weighted by atomic mass is 16.5. The molecular formula is C24H30N6O3. The molecule has 3 heterocycles. The lowest BCUT2D eigenvalue weighted by atomic mass is 9.94. The summed E-state index contributed by atoms with van der Waals surface area (Å²) in [5, 5.41) is 12.5. The fourth-order valence-electron chi connectivity index (χ4n) is 4.55. The van der Waals surface area contributed by atoms with E-state index in [-0.39, 0.29) is 5.91 Å². The van der Waals surface area contributed by atoms with E-state index in [1.807, 2.05) is 35.5 Å². The van der Waals surface area contributed by atoms with Gasteiger partial charge in [-0.25, -0.2) is 0 Å². The Bertz CT molecular complexity index is 1090. The average Bonchev–Trinajstić information content (AvgIpc) is 3.36. The van der Waals surface area contributed by atoms with Crippen molar-refractivity contribution in [2.45, 2.75) is 51.5 Å². The maximum atomic E-state index is 12.9. The third-order valence-corrected chi connectivity index (χ3v) is 6.56. The van der Waals surface area contributed by atoms with Gasteiger partial charge in [0.05, 0.1) is 12.7 Å². The predicted molar refractivity (Wildman–Crippen MR) is 120 cm³/mol. The molecule has 0 radical (unpaired) electrons. The summed E-state index contributed by atoms with van der Waals surface area (Å²) >= 11 is 0. The van der Waals surface area contributed by atoms with Crippen LogP contribution in [0.15, 0.2) is 35.1 Å². The molecule has 9 nitrogen and oxygen atoms in total. The van der Waals surface area contributed by atoms with E-state index < -0.39 is 0 Å². The molecule has 1 aliphatic heterocycles. The molecule has 1 unspecified atom stereocenters. The highest BCUT2D eigenvalue weighted by Gasteiger charge is 2.27. The van der Waals surface area contributed by atoms with Crippen LogP contribution in [0.3, 0.4) is 0 Å². The van der Waals surface area contributed by atoms with Crippen LogP contribution in [0.2, 0.25) is 0 Å². The summed E-state index contributed by atoms with van der Waals surface area (Å²) in [5.74, 6) is 4.03. The SMILES string of the molecule is COc1ccccc1-c1noc(CCC(=O)N2CCCC(Cc3nncn3CC3CC3)C2)n1. The molecule has 1 aromatic carbocycles. The zero-order chi connectivity index (χ0) is 22.6. The molecule has 0 spiro atoms. The quantitative estimate of drug-likeness (QED) is 0.494. The number of ether oxygens (including phenoxy) is 1. The Labute approximate surface area is 193 Å². The molecule has 0 N–H and O–H groups in total. The second-order valence-corrected chi connectivity index (χ2v) is 9.11. The molecule has 1 amide bonds. The first kappa shape index (κ1) is 21.6. The number of para-hydroxylation sites is 1. The highest BCUT2D eigenvalue weighted by molar-refractivity contribution is 5.76. The second-order valence-electron chi connectivity index (χ2n) is 9.11. The summed E-state index contributed by atoms with van der Waals surface area (Å²) in [6, 6.07) is 7.54. The molecule has 3 aromatic rings. The molecule has 1 saturated heterocycles.